The number of pyridine rings is 1. The molecule has 0 aliphatic carbocycles. The average molecular weight is 519 g/mol. The first-order chi connectivity index (χ1) is 18.3. The molecule has 2 N–H and O–H groups in total. The molecule has 0 bridgehead atoms. The summed E-state index contributed by atoms with van der Waals surface area (Å²) in [7, 11) is 0. The number of hydrogen-bond donors (Lipinski definition) is 1. The number of halogens is 4. The number of hydrogen-bond acceptors (Lipinski definition) is 5. The quantitative estimate of drug-likeness (QED) is 0.231. The van der Waals surface area contributed by atoms with E-state index in [1.165, 1.54) is 18.5 Å². The van der Waals surface area contributed by atoms with Crippen molar-refractivity contribution in [3.05, 3.63) is 89.8 Å². The van der Waals surface area contributed by atoms with Gasteiger partial charge in [-0.25, -0.2) is 32.7 Å². The molecule has 0 amide bonds. The van der Waals surface area contributed by atoms with Crippen molar-refractivity contribution in [3.63, 3.8) is 0 Å². The van der Waals surface area contributed by atoms with Crippen molar-refractivity contribution in [3.8, 4) is 22.6 Å². The van der Waals surface area contributed by atoms with Crippen molar-refractivity contribution >= 4 is 17.9 Å². The number of nitrogens with zero attached hydrogens (tertiary/aromatic N) is 5. The highest BCUT2D eigenvalue weighted by Crippen LogP contribution is 2.56. The molecule has 7 rings (SSSR count). The smallest absolute Gasteiger partial charge is 0.263 e. The first-order valence-corrected chi connectivity index (χ1v) is 11.9. The molecular weight excluding hydrogens is 500 g/mol. The Balaban J connectivity index is 1.49. The van der Waals surface area contributed by atoms with E-state index in [0.717, 1.165) is 0 Å². The van der Waals surface area contributed by atoms with Crippen LogP contribution in [0.3, 0.4) is 0 Å². The Morgan fingerprint density at radius 1 is 1.03 bits per heavy atom. The van der Waals surface area contributed by atoms with E-state index in [4.69, 9.17) is 15.5 Å². The van der Waals surface area contributed by atoms with E-state index in [1.807, 2.05) is 0 Å². The van der Waals surface area contributed by atoms with E-state index < -0.39 is 29.6 Å². The second kappa shape index (κ2) is 7.73. The molecule has 1 spiro atoms. The summed E-state index contributed by atoms with van der Waals surface area (Å²) >= 11 is 0. The molecule has 5 heterocycles. The summed E-state index contributed by atoms with van der Waals surface area (Å²) in [5.74, 6) is -3.39. The van der Waals surface area contributed by atoms with Crippen LogP contribution in [0.5, 0.6) is 11.5 Å². The molecule has 11 heteroatoms. The van der Waals surface area contributed by atoms with Crippen molar-refractivity contribution in [2.24, 2.45) is 10.7 Å². The van der Waals surface area contributed by atoms with E-state index in [9.17, 15) is 13.2 Å². The Morgan fingerprint density at radius 2 is 1.89 bits per heavy atom. The van der Waals surface area contributed by atoms with Crippen LogP contribution < -0.4 is 10.5 Å². The topological polar surface area (TPSA) is 81.3 Å². The number of rotatable bonds is 2. The lowest BCUT2D eigenvalue weighted by molar-refractivity contribution is -0.450. The summed E-state index contributed by atoms with van der Waals surface area (Å²) < 4.78 is 67.1. The molecular formula is C27H19F4N6O+. The average Bonchev–Trinajstić information content (AvgIpc) is 3.49. The summed E-state index contributed by atoms with van der Waals surface area (Å²) in [6.07, 6.45) is 5.11. The van der Waals surface area contributed by atoms with Crippen molar-refractivity contribution in [1.29, 1.82) is 0 Å². The van der Waals surface area contributed by atoms with E-state index in [2.05, 4.69) is 9.97 Å². The van der Waals surface area contributed by atoms with E-state index in [0.29, 0.717) is 34.0 Å². The van der Waals surface area contributed by atoms with Crippen LogP contribution in [-0.2, 0) is 5.54 Å². The number of aromatic nitrogens is 3. The van der Waals surface area contributed by atoms with E-state index >= 15 is 4.39 Å². The molecule has 0 unspecified atom stereocenters. The van der Waals surface area contributed by atoms with Crippen LogP contribution in [0.4, 0.5) is 23.2 Å². The molecule has 190 valence electrons. The van der Waals surface area contributed by atoms with Crippen LogP contribution in [0.15, 0.2) is 66.0 Å². The molecule has 0 saturated heterocycles. The number of alkyl halides is 2. The molecule has 2 aromatic heterocycles. The Kier molecular flexibility index (Phi) is 4.61. The monoisotopic (exact) mass is 519 g/mol. The fourth-order valence-electron chi connectivity index (χ4n) is 5.39. The van der Waals surface area contributed by atoms with Gasteiger partial charge in [-0.05, 0) is 29.8 Å². The normalized spacial score (nSPS) is 20.7. The molecule has 1 atom stereocenters. The third kappa shape index (κ3) is 3.14. The van der Waals surface area contributed by atoms with Crippen molar-refractivity contribution in [1.82, 2.24) is 14.5 Å². The number of nitrogens with two attached hydrogens (primary N) is 1. The minimum atomic E-state index is -2.81. The molecule has 38 heavy (non-hydrogen) atoms. The van der Waals surface area contributed by atoms with Gasteiger partial charge in [0.2, 0.25) is 17.6 Å². The first kappa shape index (κ1) is 22.6. The van der Waals surface area contributed by atoms with Gasteiger partial charge in [-0.15, -0.1) is 0 Å². The zero-order valence-electron chi connectivity index (χ0n) is 19.7. The fourth-order valence-corrected chi connectivity index (χ4v) is 5.39. The SMILES string of the molecule is NC1=N[C@]2(c3cc(-c4cccnc4F)ccc3Oc3c(F)cc([N+]4=CCC(F)(F)CC4)cc32)c2nccn21. The highest BCUT2D eigenvalue weighted by molar-refractivity contribution is 5.87. The van der Waals surface area contributed by atoms with Gasteiger partial charge in [0.05, 0.1) is 12.8 Å². The van der Waals surface area contributed by atoms with Crippen LogP contribution in [0.1, 0.15) is 29.8 Å². The molecule has 0 saturated carbocycles. The van der Waals surface area contributed by atoms with Crippen molar-refractivity contribution in [2.75, 3.05) is 6.54 Å². The van der Waals surface area contributed by atoms with E-state index in [1.54, 1.807) is 57.9 Å². The summed E-state index contributed by atoms with van der Waals surface area (Å²) in [5.41, 5.74) is 6.79. The maximum Gasteiger partial charge on any atom is 0.263 e. The lowest BCUT2D eigenvalue weighted by Gasteiger charge is -2.34. The Morgan fingerprint density at radius 3 is 2.68 bits per heavy atom. The highest BCUT2D eigenvalue weighted by atomic mass is 19.3. The molecule has 7 nitrogen and oxygen atoms in total. The standard InChI is InChI=1S/C27H19F4N6O/c28-20-14-16(36-9-5-26(30,31)6-10-36)13-19-22(20)38-21-4-3-15(17-2-1-7-33-23(17)29)12-18(21)27(19)24-34-8-11-37(24)25(32)35-27/h1-4,7-9,11-14H,5-6,10H2,(H2,32,35)/q+1/t27-/m0/s1. The Bertz CT molecular complexity index is 1710. The van der Waals surface area contributed by atoms with Crippen molar-refractivity contribution in [2.45, 2.75) is 24.3 Å². The minimum Gasteiger partial charge on any atom is -0.453 e. The van der Waals surface area contributed by atoms with Gasteiger partial charge in [0.25, 0.3) is 5.92 Å². The Hall–Kier alpha value is -4.54. The zero-order chi connectivity index (χ0) is 26.2. The highest BCUT2D eigenvalue weighted by Gasteiger charge is 2.52. The number of fused-ring (bicyclic) bond motifs is 6. The van der Waals surface area contributed by atoms with Crippen LogP contribution in [0, 0.1) is 11.8 Å². The van der Waals surface area contributed by atoms with Gasteiger partial charge in [-0.3, -0.25) is 4.57 Å². The number of ether oxygens (including phenoxy) is 1. The second-order valence-electron chi connectivity index (χ2n) is 9.45. The van der Waals surface area contributed by atoms with E-state index in [-0.39, 0.29) is 30.2 Å². The van der Waals surface area contributed by atoms with Crippen LogP contribution in [0.2, 0.25) is 0 Å². The lowest BCUT2D eigenvalue weighted by atomic mass is 9.79. The third-order valence-corrected chi connectivity index (χ3v) is 7.22. The number of aliphatic imine (C=N–C) groups is 1. The molecule has 2 aromatic carbocycles. The van der Waals surface area contributed by atoms with Gasteiger partial charge in [-0.1, -0.05) is 6.07 Å². The molecule has 0 fully saturated rings. The zero-order valence-corrected chi connectivity index (χ0v) is 19.7. The Labute approximate surface area is 213 Å². The number of imidazole rings is 1. The predicted molar refractivity (Wildman–Crippen MR) is 130 cm³/mol. The predicted octanol–water partition coefficient (Wildman–Crippen LogP) is 4.94. The second-order valence-corrected chi connectivity index (χ2v) is 9.45. The summed E-state index contributed by atoms with van der Waals surface area (Å²) in [6, 6.07) is 11.1. The molecule has 0 radical (unpaired) electrons. The van der Waals surface area contributed by atoms with Crippen LogP contribution >= 0.6 is 0 Å². The van der Waals surface area contributed by atoms with Gasteiger partial charge in [0, 0.05) is 47.4 Å². The fraction of sp³-hybridized carbons (Fsp3) is 0.185. The summed E-state index contributed by atoms with van der Waals surface area (Å²) in [4.78, 5) is 13.0. The summed E-state index contributed by atoms with van der Waals surface area (Å²) in [5, 5.41) is 0. The molecule has 4 aromatic rings. The van der Waals surface area contributed by atoms with Gasteiger partial charge in [-0.2, -0.15) is 4.39 Å². The first-order valence-electron chi connectivity index (χ1n) is 11.9. The third-order valence-electron chi connectivity index (χ3n) is 7.22. The minimum absolute atomic E-state index is 0.0140. The van der Waals surface area contributed by atoms with Crippen LogP contribution in [0.25, 0.3) is 11.1 Å². The van der Waals surface area contributed by atoms with Crippen LogP contribution in [-0.4, -0.2) is 43.8 Å². The lowest BCUT2D eigenvalue weighted by Crippen LogP contribution is -2.32. The van der Waals surface area contributed by atoms with Gasteiger partial charge < -0.3 is 10.5 Å². The maximum atomic E-state index is 15.7. The largest absolute Gasteiger partial charge is 0.453 e. The van der Waals surface area contributed by atoms with Gasteiger partial charge >= 0.3 is 0 Å². The molecule has 3 aliphatic rings. The van der Waals surface area contributed by atoms with Gasteiger partial charge in [0.1, 0.15) is 5.75 Å². The van der Waals surface area contributed by atoms with Crippen molar-refractivity contribution < 1.29 is 26.9 Å². The van der Waals surface area contributed by atoms with Gasteiger partial charge in [0.15, 0.2) is 35.7 Å². The molecule has 3 aliphatic heterocycles. The number of benzene rings is 2. The maximum absolute atomic E-state index is 15.7. The summed E-state index contributed by atoms with van der Waals surface area (Å²) in [6.45, 7) is 0.0140.